The van der Waals surface area contributed by atoms with Crippen molar-refractivity contribution in [3.8, 4) is 28.4 Å². The molecule has 7 nitrogen and oxygen atoms in total. The molecule has 0 fully saturated rings. The summed E-state index contributed by atoms with van der Waals surface area (Å²) in [6.07, 6.45) is 3.52. The van der Waals surface area contributed by atoms with Gasteiger partial charge in [0.25, 0.3) is 0 Å². The van der Waals surface area contributed by atoms with E-state index in [0.717, 1.165) is 5.69 Å². The van der Waals surface area contributed by atoms with Crippen LogP contribution < -0.4 is 14.9 Å². The van der Waals surface area contributed by atoms with Crippen molar-refractivity contribution in [1.29, 1.82) is 0 Å². The van der Waals surface area contributed by atoms with Gasteiger partial charge in [-0.05, 0) is 62.6 Å². The van der Waals surface area contributed by atoms with Gasteiger partial charge < -0.3 is 14.0 Å². The Morgan fingerprint density at radius 3 is 2.40 bits per heavy atom. The first kappa shape index (κ1) is 29.6. The van der Waals surface area contributed by atoms with Gasteiger partial charge in [-0.15, -0.1) is 0 Å². The van der Waals surface area contributed by atoms with E-state index in [4.69, 9.17) is 9.47 Å². The Balaban J connectivity index is 1.45. The van der Waals surface area contributed by atoms with Crippen LogP contribution in [0.15, 0.2) is 71.8 Å². The molecule has 5 rings (SSSR count). The molecule has 0 atom stereocenters. The first-order valence-corrected chi connectivity index (χ1v) is 13.9. The molecule has 220 valence electrons. The second kappa shape index (κ2) is 12.1. The molecule has 3 aromatic heterocycles. The highest BCUT2D eigenvalue weighted by Crippen LogP contribution is 2.32. The maximum atomic E-state index is 15.3. The molecule has 0 saturated heterocycles. The highest BCUT2D eigenvalue weighted by atomic mass is 19.1. The van der Waals surface area contributed by atoms with Crippen molar-refractivity contribution >= 4 is 16.8 Å². The van der Waals surface area contributed by atoms with Crippen LogP contribution in [-0.4, -0.2) is 27.4 Å². The molecule has 0 saturated carbocycles. The van der Waals surface area contributed by atoms with E-state index in [1.807, 2.05) is 25.3 Å². The average molecular weight is 584 g/mol. The molecule has 2 aromatic carbocycles. The lowest BCUT2D eigenvalue weighted by molar-refractivity contribution is 0.0991. The first-order chi connectivity index (χ1) is 20.6. The molecule has 0 spiro atoms. The van der Waals surface area contributed by atoms with Crippen molar-refractivity contribution in [3.63, 3.8) is 0 Å². The number of carbonyl (C=O) groups is 1. The number of aryl methyl sites for hydroxylation is 1. The van der Waals surface area contributed by atoms with Crippen molar-refractivity contribution in [2.24, 2.45) is 0 Å². The van der Waals surface area contributed by atoms with Crippen molar-refractivity contribution < 1.29 is 23.0 Å². The number of ether oxygens (including phenoxy) is 2. The largest absolute Gasteiger partial charge is 0.495 e. The number of carbonyl (C=O) groups excluding carboxylic acids is 1. The summed E-state index contributed by atoms with van der Waals surface area (Å²) >= 11 is 0. The normalized spacial score (nSPS) is 11.3. The average Bonchev–Trinajstić information content (AvgIpc) is 2.98. The lowest BCUT2D eigenvalue weighted by Crippen LogP contribution is -2.24. The topological polar surface area (TPSA) is 83.3 Å². The Morgan fingerprint density at radius 2 is 1.74 bits per heavy atom. The van der Waals surface area contributed by atoms with Crippen LogP contribution in [0.1, 0.15) is 54.1 Å². The molecule has 0 N–H and O–H groups in total. The Morgan fingerprint density at radius 1 is 1.00 bits per heavy atom. The maximum Gasteiger partial charge on any atom is 0.200 e. The third kappa shape index (κ3) is 5.88. The number of aromatic nitrogens is 3. The predicted molar refractivity (Wildman–Crippen MR) is 161 cm³/mol. The van der Waals surface area contributed by atoms with Crippen LogP contribution >= 0.6 is 0 Å². The SMILES string of the molecule is CCc1nc2c(Oc3ccc(CC(=O)c4cn(C(C)C)c(C)c(-c5ccc(F)cc5)c4=O)cc3F)ccnc2cc1OC. The van der Waals surface area contributed by atoms with Crippen LogP contribution in [0.5, 0.6) is 17.2 Å². The molecule has 3 heterocycles. The van der Waals surface area contributed by atoms with Gasteiger partial charge in [0.1, 0.15) is 17.1 Å². The van der Waals surface area contributed by atoms with Gasteiger partial charge in [0.05, 0.1) is 23.9 Å². The second-order valence-corrected chi connectivity index (χ2v) is 10.5. The molecular formula is C34H31F2N3O4. The number of hydrogen-bond donors (Lipinski definition) is 0. The van der Waals surface area contributed by atoms with Crippen LogP contribution in [0.3, 0.4) is 0 Å². The summed E-state index contributed by atoms with van der Waals surface area (Å²) in [5.74, 6) is -0.663. The van der Waals surface area contributed by atoms with Gasteiger partial charge in [-0.2, -0.15) is 0 Å². The number of halogens is 2. The second-order valence-electron chi connectivity index (χ2n) is 10.5. The quantitative estimate of drug-likeness (QED) is 0.168. The van der Waals surface area contributed by atoms with Crippen LogP contribution in [0.4, 0.5) is 8.78 Å². The Hall–Kier alpha value is -4.92. The van der Waals surface area contributed by atoms with E-state index in [9.17, 15) is 14.0 Å². The van der Waals surface area contributed by atoms with Gasteiger partial charge in [0, 0.05) is 48.2 Å². The third-order valence-electron chi connectivity index (χ3n) is 7.33. The van der Waals surface area contributed by atoms with Gasteiger partial charge >= 0.3 is 0 Å². The molecular weight excluding hydrogens is 552 g/mol. The number of pyridine rings is 3. The zero-order valence-corrected chi connectivity index (χ0v) is 24.6. The number of fused-ring (bicyclic) bond motifs is 1. The lowest BCUT2D eigenvalue weighted by Gasteiger charge is -2.20. The molecule has 0 aliphatic rings. The molecule has 0 aliphatic heterocycles. The summed E-state index contributed by atoms with van der Waals surface area (Å²) in [5.41, 5.74) is 3.15. The summed E-state index contributed by atoms with van der Waals surface area (Å²) in [5, 5.41) is 0. The number of Topliss-reactive ketones (excluding diaryl/α,β-unsaturated/α-hetero) is 1. The van der Waals surface area contributed by atoms with Crippen LogP contribution in [0.25, 0.3) is 22.2 Å². The summed E-state index contributed by atoms with van der Waals surface area (Å²) in [6.45, 7) is 7.62. The maximum absolute atomic E-state index is 15.3. The van der Waals surface area contributed by atoms with Crippen LogP contribution in [0.2, 0.25) is 0 Å². The van der Waals surface area contributed by atoms with Crippen molar-refractivity contribution in [2.45, 2.75) is 46.6 Å². The third-order valence-corrected chi connectivity index (χ3v) is 7.33. The van der Waals surface area contributed by atoms with Gasteiger partial charge in [-0.3, -0.25) is 14.6 Å². The predicted octanol–water partition coefficient (Wildman–Crippen LogP) is 7.41. The Kier molecular flexibility index (Phi) is 8.34. The van der Waals surface area contributed by atoms with E-state index in [2.05, 4.69) is 9.97 Å². The molecule has 0 radical (unpaired) electrons. The number of hydrogen-bond acceptors (Lipinski definition) is 6. The zero-order valence-electron chi connectivity index (χ0n) is 24.6. The summed E-state index contributed by atoms with van der Waals surface area (Å²) in [6, 6.07) is 13.2. The minimum Gasteiger partial charge on any atom is -0.495 e. The molecule has 9 heteroatoms. The first-order valence-electron chi connectivity index (χ1n) is 13.9. The molecule has 0 amide bonds. The van der Waals surface area contributed by atoms with Gasteiger partial charge in [-0.25, -0.2) is 13.8 Å². The van der Waals surface area contributed by atoms with Crippen LogP contribution in [0, 0.1) is 18.6 Å². The number of ketones is 1. The fourth-order valence-corrected chi connectivity index (χ4v) is 5.13. The molecule has 5 aromatic rings. The zero-order chi connectivity index (χ0) is 30.8. The van der Waals surface area contributed by atoms with E-state index >= 15 is 4.39 Å². The van der Waals surface area contributed by atoms with Crippen molar-refractivity contribution in [3.05, 3.63) is 111 Å². The number of nitrogens with zero attached hydrogens (tertiary/aromatic N) is 3. The highest BCUT2D eigenvalue weighted by molar-refractivity contribution is 5.98. The fourth-order valence-electron chi connectivity index (χ4n) is 5.13. The van der Waals surface area contributed by atoms with E-state index < -0.39 is 22.8 Å². The van der Waals surface area contributed by atoms with Gasteiger partial charge in [0.15, 0.2) is 28.5 Å². The minimum atomic E-state index is -0.671. The van der Waals surface area contributed by atoms with E-state index in [1.165, 1.54) is 36.4 Å². The van der Waals surface area contributed by atoms with E-state index in [-0.39, 0.29) is 23.8 Å². The van der Waals surface area contributed by atoms with Gasteiger partial charge in [0.2, 0.25) is 0 Å². The molecule has 43 heavy (non-hydrogen) atoms. The van der Waals surface area contributed by atoms with Crippen molar-refractivity contribution in [2.75, 3.05) is 7.11 Å². The lowest BCUT2D eigenvalue weighted by atomic mass is 9.97. The monoisotopic (exact) mass is 583 g/mol. The summed E-state index contributed by atoms with van der Waals surface area (Å²) in [7, 11) is 1.56. The van der Waals surface area contributed by atoms with Crippen molar-refractivity contribution in [1.82, 2.24) is 14.5 Å². The minimum absolute atomic E-state index is 0.0177. The Labute approximate surface area is 247 Å². The fraction of sp³-hybridized carbons (Fsp3) is 0.235. The Bertz CT molecular complexity index is 1900. The highest BCUT2D eigenvalue weighted by Gasteiger charge is 2.21. The number of benzene rings is 2. The number of methoxy groups -OCH3 is 1. The van der Waals surface area contributed by atoms with E-state index in [1.54, 1.807) is 44.6 Å². The summed E-state index contributed by atoms with van der Waals surface area (Å²) < 4.78 is 42.0. The summed E-state index contributed by atoms with van der Waals surface area (Å²) in [4.78, 5) is 36.0. The van der Waals surface area contributed by atoms with E-state index in [0.29, 0.717) is 51.3 Å². The number of rotatable bonds is 9. The smallest absolute Gasteiger partial charge is 0.200 e. The van der Waals surface area contributed by atoms with Gasteiger partial charge in [-0.1, -0.05) is 25.1 Å². The van der Waals surface area contributed by atoms with Crippen LogP contribution in [-0.2, 0) is 12.8 Å². The molecule has 0 aliphatic carbocycles. The standard InChI is InChI=1S/C34H31F2N3O4/c1-6-26-31(42-5)17-27-33(38-26)30(13-14-37-27)43-29-12-7-21(15-25(29)36)16-28(40)24-18-39(19(2)3)20(4)32(34(24)41)22-8-10-23(35)11-9-22/h7-15,17-19H,6,16H2,1-5H3. The molecule has 0 unspecified atom stereocenters. The molecule has 0 bridgehead atoms.